The van der Waals surface area contributed by atoms with Gasteiger partial charge in [0.05, 0.1) is 22.7 Å². The number of hydrogen-bond acceptors (Lipinski definition) is 7. The standard InChI is InChI=1S/C12H13N5O3S/c1-16(5-9-6-21-7-14-9)12(18)8-2-3-11(17(19)20)10(4-8)15-13/h2-4,6-7,15H,5,13H2,1H3. The van der Waals surface area contributed by atoms with Gasteiger partial charge in [-0.2, -0.15) is 0 Å². The first-order chi connectivity index (χ1) is 10.0. The molecule has 0 aliphatic heterocycles. The number of anilines is 1. The first kappa shape index (κ1) is 14.9. The molecule has 1 aromatic heterocycles. The summed E-state index contributed by atoms with van der Waals surface area (Å²) in [4.78, 5) is 28.1. The van der Waals surface area contributed by atoms with Crippen LogP contribution in [0.5, 0.6) is 0 Å². The summed E-state index contributed by atoms with van der Waals surface area (Å²) in [6, 6.07) is 4.01. The van der Waals surface area contributed by atoms with E-state index in [1.54, 1.807) is 12.6 Å². The third kappa shape index (κ3) is 3.33. The summed E-state index contributed by atoms with van der Waals surface area (Å²) in [7, 11) is 1.64. The molecule has 21 heavy (non-hydrogen) atoms. The van der Waals surface area contributed by atoms with Crippen molar-refractivity contribution in [2.24, 2.45) is 5.84 Å². The molecule has 110 valence electrons. The Labute approximate surface area is 124 Å². The van der Waals surface area contributed by atoms with Crippen LogP contribution in [-0.4, -0.2) is 27.8 Å². The Kier molecular flexibility index (Phi) is 4.45. The molecule has 0 fully saturated rings. The summed E-state index contributed by atoms with van der Waals surface area (Å²) in [5, 5.41) is 12.7. The Balaban J connectivity index is 2.20. The number of nitro groups is 1. The molecule has 1 amide bonds. The highest BCUT2D eigenvalue weighted by molar-refractivity contribution is 7.07. The van der Waals surface area contributed by atoms with Crippen LogP contribution in [0.2, 0.25) is 0 Å². The fraction of sp³-hybridized carbons (Fsp3) is 0.167. The molecule has 2 aromatic rings. The van der Waals surface area contributed by atoms with Crippen LogP contribution in [-0.2, 0) is 6.54 Å². The molecule has 0 aliphatic carbocycles. The van der Waals surface area contributed by atoms with Crippen molar-refractivity contribution in [2.75, 3.05) is 12.5 Å². The Hall–Kier alpha value is -2.52. The van der Waals surface area contributed by atoms with Crippen LogP contribution in [0.1, 0.15) is 16.1 Å². The second-order valence-electron chi connectivity index (χ2n) is 4.27. The topological polar surface area (TPSA) is 114 Å². The molecule has 2 rings (SSSR count). The number of carbonyl (C=O) groups is 1. The lowest BCUT2D eigenvalue weighted by Crippen LogP contribution is -2.26. The molecule has 0 radical (unpaired) electrons. The van der Waals surface area contributed by atoms with Crippen molar-refractivity contribution >= 4 is 28.6 Å². The summed E-state index contributed by atoms with van der Waals surface area (Å²) in [5.41, 5.74) is 4.93. The average molecular weight is 307 g/mol. The number of nitrogen functional groups attached to an aromatic ring is 1. The number of hydrazine groups is 1. The van der Waals surface area contributed by atoms with Crippen LogP contribution < -0.4 is 11.3 Å². The average Bonchev–Trinajstić information content (AvgIpc) is 2.98. The SMILES string of the molecule is CN(Cc1cscn1)C(=O)c1ccc([N+](=O)[O-])c(NN)c1. The lowest BCUT2D eigenvalue weighted by Gasteiger charge is -2.16. The predicted molar refractivity (Wildman–Crippen MR) is 78.8 cm³/mol. The van der Waals surface area contributed by atoms with Gasteiger partial charge in [-0.3, -0.25) is 20.8 Å². The molecular formula is C12H13N5O3S. The van der Waals surface area contributed by atoms with E-state index in [4.69, 9.17) is 5.84 Å². The summed E-state index contributed by atoms with van der Waals surface area (Å²) in [5.74, 6) is 4.99. The van der Waals surface area contributed by atoms with Gasteiger partial charge >= 0.3 is 0 Å². The summed E-state index contributed by atoms with van der Waals surface area (Å²) in [6.45, 7) is 0.366. The Bertz CT molecular complexity index is 659. The highest BCUT2D eigenvalue weighted by Gasteiger charge is 2.18. The van der Waals surface area contributed by atoms with Crippen molar-refractivity contribution < 1.29 is 9.72 Å². The third-order valence-corrected chi connectivity index (χ3v) is 3.46. The lowest BCUT2D eigenvalue weighted by molar-refractivity contribution is -0.384. The van der Waals surface area contributed by atoms with Gasteiger partial charge in [-0.15, -0.1) is 11.3 Å². The lowest BCUT2D eigenvalue weighted by atomic mass is 10.1. The number of thiazole rings is 1. The van der Waals surface area contributed by atoms with Crippen LogP contribution in [0.4, 0.5) is 11.4 Å². The number of rotatable bonds is 5. The van der Waals surface area contributed by atoms with Crippen molar-refractivity contribution in [3.63, 3.8) is 0 Å². The first-order valence-electron chi connectivity index (χ1n) is 5.90. The maximum absolute atomic E-state index is 12.3. The van der Waals surface area contributed by atoms with Crippen LogP contribution in [0, 0.1) is 10.1 Å². The number of amides is 1. The van der Waals surface area contributed by atoms with Crippen molar-refractivity contribution in [1.82, 2.24) is 9.88 Å². The molecule has 0 saturated carbocycles. The van der Waals surface area contributed by atoms with Crippen LogP contribution in [0.25, 0.3) is 0 Å². The number of nitrogens with zero attached hydrogens (tertiary/aromatic N) is 3. The van der Waals surface area contributed by atoms with Crippen LogP contribution in [0.15, 0.2) is 29.1 Å². The van der Waals surface area contributed by atoms with Gasteiger partial charge in [0.1, 0.15) is 5.69 Å². The van der Waals surface area contributed by atoms with Gasteiger partial charge in [0.25, 0.3) is 11.6 Å². The van der Waals surface area contributed by atoms with Crippen molar-refractivity contribution in [1.29, 1.82) is 0 Å². The number of benzene rings is 1. The monoisotopic (exact) mass is 307 g/mol. The van der Waals surface area contributed by atoms with Crippen LogP contribution in [0.3, 0.4) is 0 Å². The zero-order valence-electron chi connectivity index (χ0n) is 11.1. The molecule has 0 spiro atoms. The van der Waals surface area contributed by atoms with E-state index in [2.05, 4.69) is 10.4 Å². The van der Waals surface area contributed by atoms with E-state index < -0.39 is 4.92 Å². The first-order valence-corrected chi connectivity index (χ1v) is 6.84. The molecule has 0 bridgehead atoms. The molecule has 3 N–H and O–H groups in total. The Morgan fingerprint density at radius 1 is 1.57 bits per heavy atom. The summed E-state index contributed by atoms with van der Waals surface area (Å²) >= 11 is 1.45. The summed E-state index contributed by atoms with van der Waals surface area (Å²) < 4.78 is 0. The van der Waals surface area contributed by atoms with Gasteiger partial charge < -0.3 is 10.3 Å². The van der Waals surface area contributed by atoms with Gasteiger partial charge in [-0.05, 0) is 12.1 Å². The minimum Gasteiger partial charge on any atom is -0.336 e. The molecule has 0 atom stereocenters. The third-order valence-electron chi connectivity index (χ3n) is 2.83. The van der Waals surface area contributed by atoms with Gasteiger partial charge in [0.2, 0.25) is 0 Å². The van der Waals surface area contributed by atoms with E-state index in [1.807, 2.05) is 5.38 Å². The maximum Gasteiger partial charge on any atom is 0.293 e. The van der Waals surface area contributed by atoms with E-state index in [1.165, 1.54) is 34.4 Å². The fourth-order valence-corrected chi connectivity index (χ4v) is 2.34. The zero-order valence-corrected chi connectivity index (χ0v) is 12.0. The van der Waals surface area contributed by atoms with E-state index in [-0.39, 0.29) is 17.3 Å². The molecule has 0 unspecified atom stereocenters. The largest absolute Gasteiger partial charge is 0.336 e. The minimum atomic E-state index is -0.567. The molecule has 8 nitrogen and oxygen atoms in total. The van der Waals surface area contributed by atoms with E-state index in [9.17, 15) is 14.9 Å². The zero-order chi connectivity index (χ0) is 15.4. The molecule has 1 aromatic carbocycles. The second kappa shape index (κ2) is 6.29. The number of aromatic nitrogens is 1. The van der Waals surface area contributed by atoms with Gasteiger partial charge in [0.15, 0.2) is 0 Å². The fourth-order valence-electron chi connectivity index (χ4n) is 1.79. The van der Waals surface area contributed by atoms with Crippen molar-refractivity contribution in [2.45, 2.75) is 6.54 Å². The van der Waals surface area contributed by atoms with Gasteiger partial charge in [-0.25, -0.2) is 4.98 Å². The number of hydrogen-bond donors (Lipinski definition) is 2. The highest BCUT2D eigenvalue weighted by atomic mass is 32.1. The smallest absolute Gasteiger partial charge is 0.293 e. The molecule has 0 saturated heterocycles. The number of nitrogens with two attached hydrogens (primary N) is 1. The highest BCUT2D eigenvalue weighted by Crippen LogP contribution is 2.25. The molecule has 9 heteroatoms. The summed E-state index contributed by atoms with van der Waals surface area (Å²) in [6.07, 6.45) is 0. The van der Waals surface area contributed by atoms with Gasteiger partial charge in [-0.1, -0.05) is 0 Å². The minimum absolute atomic E-state index is 0.0907. The second-order valence-corrected chi connectivity index (χ2v) is 4.99. The Morgan fingerprint density at radius 2 is 2.33 bits per heavy atom. The molecule has 1 heterocycles. The van der Waals surface area contributed by atoms with Gasteiger partial charge in [0, 0.05) is 24.1 Å². The van der Waals surface area contributed by atoms with E-state index in [0.29, 0.717) is 12.1 Å². The normalized spacial score (nSPS) is 10.2. The number of nitro benzene ring substituents is 1. The van der Waals surface area contributed by atoms with E-state index >= 15 is 0 Å². The molecule has 0 aliphatic rings. The molecular weight excluding hydrogens is 294 g/mol. The Morgan fingerprint density at radius 3 is 2.90 bits per heavy atom. The van der Waals surface area contributed by atoms with E-state index in [0.717, 1.165) is 5.69 Å². The van der Waals surface area contributed by atoms with Crippen molar-refractivity contribution in [3.8, 4) is 0 Å². The quantitative estimate of drug-likeness (QED) is 0.492. The maximum atomic E-state index is 12.3. The predicted octanol–water partition coefficient (Wildman–Crippen LogP) is 1.61. The van der Waals surface area contributed by atoms with Crippen molar-refractivity contribution in [3.05, 3.63) is 50.5 Å². The number of nitrogens with one attached hydrogen (secondary N) is 1. The van der Waals surface area contributed by atoms with Crippen LogP contribution >= 0.6 is 11.3 Å². The number of carbonyl (C=O) groups excluding carboxylic acids is 1.